The third-order valence-electron chi connectivity index (χ3n) is 3.54. The zero-order chi connectivity index (χ0) is 15.0. The first-order chi connectivity index (χ1) is 10.1. The van der Waals surface area contributed by atoms with E-state index in [2.05, 4.69) is 6.58 Å². The van der Waals surface area contributed by atoms with Crippen molar-refractivity contribution in [2.75, 3.05) is 11.4 Å². The summed E-state index contributed by atoms with van der Waals surface area (Å²) in [5.74, 6) is -1.37. The molecule has 104 valence electrons. The summed E-state index contributed by atoms with van der Waals surface area (Å²) >= 11 is 0. The van der Waals surface area contributed by atoms with Crippen molar-refractivity contribution in [3.63, 3.8) is 0 Å². The highest BCUT2D eigenvalue weighted by atomic mass is 16.4. The quantitative estimate of drug-likeness (QED) is 0.919. The van der Waals surface area contributed by atoms with Crippen molar-refractivity contribution < 1.29 is 14.7 Å². The minimum absolute atomic E-state index is 0.320. The highest BCUT2D eigenvalue weighted by Gasteiger charge is 2.29. The fourth-order valence-electron chi connectivity index (χ4n) is 2.59. The van der Waals surface area contributed by atoms with Gasteiger partial charge in [0.25, 0.3) is 5.91 Å². The van der Waals surface area contributed by atoms with E-state index in [-0.39, 0.29) is 12.5 Å². The van der Waals surface area contributed by atoms with Gasteiger partial charge in [-0.2, -0.15) is 0 Å². The van der Waals surface area contributed by atoms with Crippen LogP contribution < -0.4 is 4.90 Å². The molecule has 2 aromatic rings. The van der Waals surface area contributed by atoms with E-state index in [1.165, 1.54) is 4.90 Å². The fourth-order valence-corrected chi connectivity index (χ4v) is 2.59. The highest BCUT2D eigenvalue weighted by molar-refractivity contribution is 6.15. The van der Waals surface area contributed by atoms with Crippen LogP contribution in [0.2, 0.25) is 0 Å². The molecule has 1 N–H and O–H groups in total. The molecule has 3 rings (SSSR count). The Morgan fingerprint density at radius 3 is 2.24 bits per heavy atom. The summed E-state index contributed by atoms with van der Waals surface area (Å²) in [7, 11) is 0. The molecule has 0 saturated carbocycles. The lowest BCUT2D eigenvalue weighted by molar-refractivity contribution is -0.135. The first kappa shape index (κ1) is 13.1. The number of benzene rings is 2. The van der Waals surface area contributed by atoms with Gasteiger partial charge in [-0.15, -0.1) is 0 Å². The second-order valence-electron chi connectivity index (χ2n) is 4.83. The van der Waals surface area contributed by atoms with Crippen LogP contribution in [0, 0.1) is 0 Å². The Labute approximate surface area is 121 Å². The minimum Gasteiger partial charge on any atom is -0.480 e. The molecule has 1 heterocycles. The molecule has 1 aliphatic heterocycles. The Balaban J connectivity index is 2.28. The third kappa shape index (κ3) is 2.10. The van der Waals surface area contributed by atoms with Gasteiger partial charge in [0.2, 0.25) is 0 Å². The number of hydrogen-bond acceptors (Lipinski definition) is 2. The molecule has 0 unspecified atom stereocenters. The van der Waals surface area contributed by atoms with Crippen molar-refractivity contribution in [3.05, 3.63) is 71.8 Å². The summed E-state index contributed by atoms with van der Waals surface area (Å²) in [6.07, 6.45) is 0. The van der Waals surface area contributed by atoms with E-state index >= 15 is 0 Å². The molecule has 0 aromatic heterocycles. The summed E-state index contributed by atoms with van der Waals surface area (Å²) in [5.41, 5.74) is 3.29. The van der Waals surface area contributed by atoms with Crippen molar-refractivity contribution in [2.24, 2.45) is 0 Å². The number of anilines is 1. The first-order valence-corrected chi connectivity index (χ1v) is 6.51. The number of carboxylic acid groups (broad SMARTS) is 1. The van der Waals surface area contributed by atoms with Gasteiger partial charge in [-0.05, 0) is 23.3 Å². The van der Waals surface area contributed by atoms with Gasteiger partial charge in [0.05, 0.1) is 5.69 Å². The predicted octanol–water partition coefficient (Wildman–Crippen LogP) is 2.79. The average molecular weight is 279 g/mol. The number of amides is 1. The van der Waals surface area contributed by atoms with Crippen LogP contribution >= 0.6 is 0 Å². The molecule has 0 spiro atoms. The maximum Gasteiger partial charge on any atom is 0.323 e. The molecular weight excluding hydrogens is 266 g/mol. The van der Waals surface area contributed by atoms with Crippen LogP contribution in [0.15, 0.2) is 55.1 Å². The van der Waals surface area contributed by atoms with E-state index in [0.717, 1.165) is 16.7 Å². The van der Waals surface area contributed by atoms with Gasteiger partial charge in [0.1, 0.15) is 6.54 Å². The maximum atomic E-state index is 12.7. The standard InChI is InChI=1S/C17H13NO3/c1-11-12-6-2-3-8-14(12)17(21)18(10-16(19)20)15-9-5-4-7-13(11)15/h2-9H,1,10H2,(H,19,20). The molecule has 0 aliphatic carbocycles. The molecular formula is C17H13NO3. The van der Waals surface area contributed by atoms with Gasteiger partial charge in [-0.25, -0.2) is 0 Å². The summed E-state index contributed by atoms with van der Waals surface area (Å²) in [6, 6.07) is 14.4. The number of carboxylic acids is 1. The molecule has 1 amide bonds. The summed E-state index contributed by atoms with van der Waals surface area (Å²) in [6.45, 7) is 3.70. The van der Waals surface area contributed by atoms with E-state index in [9.17, 15) is 9.59 Å². The Morgan fingerprint density at radius 2 is 1.57 bits per heavy atom. The topological polar surface area (TPSA) is 57.6 Å². The van der Waals surface area contributed by atoms with Gasteiger partial charge in [-0.1, -0.05) is 43.0 Å². The monoisotopic (exact) mass is 279 g/mol. The number of aliphatic carboxylic acids is 1. The molecule has 1 aliphatic rings. The predicted molar refractivity (Wildman–Crippen MR) is 80.3 cm³/mol. The fraction of sp³-hybridized carbons (Fsp3) is 0.0588. The lowest BCUT2D eigenvalue weighted by Crippen LogP contribution is -2.35. The van der Waals surface area contributed by atoms with Crippen LogP contribution in [-0.4, -0.2) is 23.5 Å². The van der Waals surface area contributed by atoms with Crippen molar-refractivity contribution in [1.82, 2.24) is 0 Å². The Bertz CT molecular complexity index is 764. The van der Waals surface area contributed by atoms with E-state index < -0.39 is 5.97 Å². The minimum atomic E-state index is -1.05. The second-order valence-corrected chi connectivity index (χ2v) is 4.83. The van der Waals surface area contributed by atoms with Gasteiger partial charge < -0.3 is 5.11 Å². The molecule has 21 heavy (non-hydrogen) atoms. The molecule has 4 heteroatoms. The Morgan fingerprint density at radius 1 is 1.00 bits per heavy atom. The van der Waals surface area contributed by atoms with E-state index in [1.807, 2.05) is 24.3 Å². The summed E-state index contributed by atoms with van der Waals surface area (Å²) in [5, 5.41) is 9.10. The molecule has 0 bridgehead atoms. The molecule has 2 aromatic carbocycles. The zero-order valence-electron chi connectivity index (χ0n) is 11.2. The lowest BCUT2D eigenvalue weighted by Gasteiger charge is -2.21. The van der Waals surface area contributed by atoms with Gasteiger partial charge in [-0.3, -0.25) is 14.5 Å². The Hall–Kier alpha value is -2.88. The van der Waals surface area contributed by atoms with Crippen LogP contribution in [0.4, 0.5) is 5.69 Å². The average Bonchev–Trinajstić information content (AvgIpc) is 2.58. The van der Waals surface area contributed by atoms with Gasteiger partial charge in [0.15, 0.2) is 0 Å². The molecule has 0 fully saturated rings. The second kappa shape index (κ2) is 4.90. The van der Waals surface area contributed by atoms with Gasteiger partial charge in [0, 0.05) is 11.1 Å². The maximum absolute atomic E-state index is 12.7. The number of carbonyl (C=O) groups excluding carboxylic acids is 1. The summed E-state index contributed by atoms with van der Waals surface area (Å²) in [4.78, 5) is 25.1. The van der Waals surface area contributed by atoms with Crippen LogP contribution in [0.3, 0.4) is 0 Å². The van der Waals surface area contributed by atoms with Crippen LogP contribution in [-0.2, 0) is 4.79 Å². The first-order valence-electron chi connectivity index (χ1n) is 6.51. The van der Waals surface area contributed by atoms with E-state index in [0.29, 0.717) is 11.3 Å². The molecule has 0 atom stereocenters. The normalized spacial score (nSPS) is 13.4. The van der Waals surface area contributed by atoms with E-state index in [1.54, 1.807) is 24.3 Å². The van der Waals surface area contributed by atoms with Gasteiger partial charge >= 0.3 is 5.97 Å². The molecule has 0 radical (unpaired) electrons. The van der Waals surface area contributed by atoms with Crippen molar-refractivity contribution in [1.29, 1.82) is 0 Å². The van der Waals surface area contributed by atoms with E-state index in [4.69, 9.17) is 5.11 Å². The largest absolute Gasteiger partial charge is 0.480 e. The summed E-state index contributed by atoms with van der Waals surface area (Å²) < 4.78 is 0. The number of nitrogens with zero attached hydrogens (tertiary/aromatic N) is 1. The number of rotatable bonds is 2. The Kier molecular flexibility index (Phi) is 3.06. The van der Waals surface area contributed by atoms with Crippen LogP contribution in [0.1, 0.15) is 21.5 Å². The smallest absolute Gasteiger partial charge is 0.323 e. The third-order valence-corrected chi connectivity index (χ3v) is 3.54. The SMILES string of the molecule is C=C1c2ccccc2C(=O)N(CC(=O)O)c2ccccc21. The van der Waals surface area contributed by atoms with Crippen LogP contribution in [0.5, 0.6) is 0 Å². The van der Waals surface area contributed by atoms with Crippen molar-refractivity contribution >= 4 is 23.1 Å². The van der Waals surface area contributed by atoms with Crippen molar-refractivity contribution in [3.8, 4) is 0 Å². The number of para-hydroxylation sites is 1. The number of carbonyl (C=O) groups is 2. The van der Waals surface area contributed by atoms with Crippen LogP contribution in [0.25, 0.3) is 5.57 Å². The molecule has 4 nitrogen and oxygen atoms in total. The lowest BCUT2D eigenvalue weighted by atomic mass is 9.96. The zero-order valence-corrected chi connectivity index (χ0v) is 11.2. The van der Waals surface area contributed by atoms with Crippen molar-refractivity contribution in [2.45, 2.75) is 0 Å². The number of fused-ring (bicyclic) bond motifs is 2. The molecule has 0 saturated heterocycles. The number of hydrogen-bond donors (Lipinski definition) is 1. The highest BCUT2D eigenvalue weighted by Crippen LogP contribution is 2.36.